The van der Waals surface area contributed by atoms with E-state index in [0.717, 1.165) is 56.1 Å². The molecule has 186 valence electrons. The first-order chi connectivity index (χ1) is 15.8. The molecular weight excluding hydrogens is 438 g/mol. The van der Waals surface area contributed by atoms with Gasteiger partial charge in [0.15, 0.2) is 0 Å². The van der Waals surface area contributed by atoms with E-state index in [4.69, 9.17) is 0 Å². The van der Waals surface area contributed by atoms with Crippen molar-refractivity contribution in [3.05, 3.63) is 47.0 Å². The highest BCUT2D eigenvalue weighted by molar-refractivity contribution is 5.30. The molecule has 0 unspecified atom stereocenters. The number of allylic oxidation sites excluding steroid dienone is 2. The normalized spacial score (nSPS) is 26.7. The van der Waals surface area contributed by atoms with Crippen molar-refractivity contribution in [3.8, 4) is 0 Å². The van der Waals surface area contributed by atoms with Crippen molar-refractivity contribution in [2.24, 2.45) is 17.8 Å². The van der Waals surface area contributed by atoms with Gasteiger partial charge in [-0.1, -0.05) is 50.7 Å². The van der Waals surface area contributed by atoms with Crippen LogP contribution in [0.3, 0.4) is 0 Å². The third-order valence-corrected chi connectivity index (χ3v) is 7.80. The van der Waals surface area contributed by atoms with Gasteiger partial charge in [-0.05, 0) is 86.3 Å². The van der Waals surface area contributed by atoms with Crippen LogP contribution in [-0.2, 0) is 6.18 Å². The maximum atomic E-state index is 13.9. The molecule has 2 aliphatic carbocycles. The molecule has 2 saturated carbocycles. The number of benzene rings is 1. The SMILES string of the molecule is FCC/C=C/CC[C@H]1CC[C@H](CCC2CCC(c3cc(F)c(C(F)(F)F)c(F)c3)CC2)CC1. The van der Waals surface area contributed by atoms with Gasteiger partial charge in [-0.25, -0.2) is 8.78 Å². The molecule has 1 aromatic carbocycles. The lowest BCUT2D eigenvalue weighted by Crippen LogP contribution is -2.18. The minimum atomic E-state index is -5.02. The van der Waals surface area contributed by atoms with Gasteiger partial charge in [-0.3, -0.25) is 4.39 Å². The second-order valence-electron chi connectivity index (χ2n) is 10.1. The highest BCUT2D eigenvalue weighted by Gasteiger charge is 2.38. The molecule has 0 spiro atoms. The van der Waals surface area contributed by atoms with E-state index in [9.17, 15) is 26.3 Å². The van der Waals surface area contributed by atoms with Crippen LogP contribution in [0.5, 0.6) is 0 Å². The van der Waals surface area contributed by atoms with Crippen molar-refractivity contribution < 1.29 is 26.3 Å². The van der Waals surface area contributed by atoms with Crippen molar-refractivity contribution >= 4 is 0 Å². The third kappa shape index (κ3) is 7.78. The molecular formula is C27H36F6. The number of halogens is 6. The average Bonchev–Trinajstić information content (AvgIpc) is 2.77. The van der Waals surface area contributed by atoms with Crippen molar-refractivity contribution in [3.63, 3.8) is 0 Å². The van der Waals surface area contributed by atoms with Gasteiger partial charge < -0.3 is 0 Å². The summed E-state index contributed by atoms with van der Waals surface area (Å²) in [5, 5.41) is 0. The van der Waals surface area contributed by atoms with Crippen molar-refractivity contribution in [2.45, 2.75) is 95.6 Å². The number of alkyl halides is 4. The first-order valence-electron chi connectivity index (χ1n) is 12.5. The molecule has 0 nitrogen and oxygen atoms in total. The summed E-state index contributed by atoms with van der Waals surface area (Å²) >= 11 is 0. The van der Waals surface area contributed by atoms with E-state index in [2.05, 4.69) is 6.08 Å². The molecule has 0 aliphatic heterocycles. The summed E-state index contributed by atoms with van der Waals surface area (Å²) in [6.45, 7) is -0.282. The first-order valence-corrected chi connectivity index (χ1v) is 12.5. The lowest BCUT2D eigenvalue weighted by Gasteiger charge is -2.32. The first kappa shape index (κ1) is 26.2. The molecule has 2 fully saturated rings. The molecule has 6 heteroatoms. The van der Waals surface area contributed by atoms with Crippen LogP contribution in [0.2, 0.25) is 0 Å². The van der Waals surface area contributed by atoms with Crippen LogP contribution in [0, 0.1) is 29.4 Å². The Hall–Kier alpha value is -1.46. The fraction of sp³-hybridized carbons (Fsp3) is 0.704. The Morgan fingerprint density at radius 2 is 1.15 bits per heavy atom. The van der Waals surface area contributed by atoms with Gasteiger partial charge in [0, 0.05) is 0 Å². The summed E-state index contributed by atoms with van der Waals surface area (Å²) in [5.41, 5.74) is -1.43. The lowest BCUT2D eigenvalue weighted by molar-refractivity contribution is -0.142. The van der Waals surface area contributed by atoms with Gasteiger partial charge in [0.05, 0.1) is 6.67 Å². The highest BCUT2D eigenvalue weighted by Crippen LogP contribution is 2.42. The third-order valence-electron chi connectivity index (χ3n) is 7.80. The minimum absolute atomic E-state index is 0.0677. The minimum Gasteiger partial charge on any atom is -0.251 e. The Morgan fingerprint density at radius 3 is 1.64 bits per heavy atom. The quantitative estimate of drug-likeness (QED) is 0.247. The molecule has 0 amide bonds. The zero-order valence-electron chi connectivity index (χ0n) is 19.3. The summed E-state index contributed by atoms with van der Waals surface area (Å²) < 4.78 is 78.3. The number of hydrogen-bond donors (Lipinski definition) is 0. The van der Waals surface area contributed by atoms with Gasteiger partial charge in [0.2, 0.25) is 0 Å². The van der Waals surface area contributed by atoms with E-state index >= 15 is 0 Å². The molecule has 0 N–H and O–H groups in total. The standard InChI is InChI=1S/C27H36F6/c28-16-4-2-1-3-5-19-6-8-20(9-7-19)10-11-21-12-14-22(15-13-21)23-17-24(29)26(25(30)18-23)27(31,32)33/h1-2,17-22H,3-16H2/b2-1+/t19-,20-,21?,22?. The Morgan fingerprint density at radius 1 is 0.697 bits per heavy atom. The zero-order valence-corrected chi connectivity index (χ0v) is 19.3. The monoisotopic (exact) mass is 474 g/mol. The molecule has 0 aromatic heterocycles. The van der Waals surface area contributed by atoms with Crippen LogP contribution in [0.1, 0.15) is 101 Å². The fourth-order valence-corrected chi connectivity index (χ4v) is 5.79. The van der Waals surface area contributed by atoms with E-state index in [1.54, 1.807) is 0 Å². The Bertz CT molecular complexity index is 729. The van der Waals surface area contributed by atoms with Gasteiger partial charge in [0.25, 0.3) is 0 Å². The smallest absolute Gasteiger partial charge is 0.251 e. The second-order valence-corrected chi connectivity index (χ2v) is 10.1. The van der Waals surface area contributed by atoms with Gasteiger partial charge in [-0.15, -0.1) is 0 Å². The molecule has 0 bridgehead atoms. The Labute approximate surface area is 193 Å². The van der Waals surface area contributed by atoms with E-state index < -0.39 is 23.4 Å². The van der Waals surface area contributed by atoms with Crippen LogP contribution >= 0.6 is 0 Å². The molecule has 0 atom stereocenters. The topological polar surface area (TPSA) is 0 Å². The van der Waals surface area contributed by atoms with Crippen LogP contribution in [0.15, 0.2) is 24.3 Å². The van der Waals surface area contributed by atoms with Crippen molar-refractivity contribution in [1.29, 1.82) is 0 Å². The van der Waals surface area contributed by atoms with Crippen LogP contribution in [-0.4, -0.2) is 6.67 Å². The Kier molecular flexibility index (Phi) is 9.75. The van der Waals surface area contributed by atoms with Crippen LogP contribution < -0.4 is 0 Å². The van der Waals surface area contributed by atoms with Gasteiger partial charge >= 0.3 is 6.18 Å². The maximum absolute atomic E-state index is 13.9. The molecule has 33 heavy (non-hydrogen) atoms. The average molecular weight is 475 g/mol. The number of hydrogen-bond acceptors (Lipinski definition) is 0. The zero-order chi connectivity index (χ0) is 23.8. The van der Waals surface area contributed by atoms with E-state index in [-0.39, 0.29) is 12.6 Å². The fourth-order valence-electron chi connectivity index (χ4n) is 5.79. The molecule has 3 rings (SSSR count). The molecule has 0 saturated heterocycles. The predicted molar refractivity (Wildman–Crippen MR) is 120 cm³/mol. The van der Waals surface area contributed by atoms with Crippen molar-refractivity contribution in [1.82, 2.24) is 0 Å². The van der Waals surface area contributed by atoms with Crippen LogP contribution in [0.25, 0.3) is 0 Å². The van der Waals surface area contributed by atoms with E-state index in [0.29, 0.717) is 17.9 Å². The van der Waals surface area contributed by atoms with E-state index in [1.165, 1.54) is 44.9 Å². The molecule has 2 aliphatic rings. The second kappa shape index (κ2) is 12.3. The number of rotatable bonds is 9. The summed E-state index contributed by atoms with van der Waals surface area (Å²) in [4.78, 5) is 0. The van der Waals surface area contributed by atoms with Crippen molar-refractivity contribution in [2.75, 3.05) is 6.67 Å². The lowest BCUT2D eigenvalue weighted by atomic mass is 9.74. The maximum Gasteiger partial charge on any atom is 0.422 e. The van der Waals surface area contributed by atoms with Crippen LogP contribution in [0.4, 0.5) is 26.3 Å². The molecule has 1 aromatic rings. The largest absolute Gasteiger partial charge is 0.422 e. The van der Waals surface area contributed by atoms with Gasteiger partial charge in [0.1, 0.15) is 17.2 Å². The highest BCUT2D eigenvalue weighted by atomic mass is 19.4. The molecule has 0 heterocycles. The Balaban J connectivity index is 1.37. The van der Waals surface area contributed by atoms with E-state index in [1.807, 2.05) is 6.08 Å². The van der Waals surface area contributed by atoms with Gasteiger partial charge in [-0.2, -0.15) is 13.2 Å². The summed E-state index contributed by atoms with van der Waals surface area (Å²) in [6, 6.07) is 1.76. The summed E-state index contributed by atoms with van der Waals surface area (Å²) in [6.07, 6.45) is 12.8. The summed E-state index contributed by atoms with van der Waals surface area (Å²) in [5.74, 6) is -0.918. The predicted octanol–water partition coefficient (Wildman–Crippen LogP) is 9.54. The molecule has 0 radical (unpaired) electrons. The summed E-state index contributed by atoms with van der Waals surface area (Å²) in [7, 11) is 0.